The topological polar surface area (TPSA) is 240 Å². The van der Waals surface area contributed by atoms with Crippen LogP contribution in [-0.2, 0) is 24.0 Å². The summed E-state index contributed by atoms with van der Waals surface area (Å²) >= 11 is 0. The van der Waals surface area contributed by atoms with Crippen LogP contribution in [0.1, 0.15) is 52.4 Å². The number of carboxylic acid groups (broad SMARTS) is 1. The van der Waals surface area contributed by atoms with E-state index in [1.54, 1.807) is 0 Å². The van der Waals surface area contributed by atoms with Gasteiger partial charge >= 0.3 is 5.97 Å². The second-order valence-electron chi connectivity index (χ2n) is 8.23. The van der Waals surface area contributed by atoms with Crippen molar-refractivity contribution in [2.75, 3.05) is 13.2 Å². The van der Waals surface area contributed by atoms with Crippen molar-refractivity contribution in [2.45, 2.75) is 76.5 Å². The maximum Gasteiger partial charge on any atom is 0.326 e. The number of carbonyl (C=O) groups is 5. The summed E-state index contributed by atoms with van der Waals surface area (Å²) < 4.78 is 0. The number of aliphatic hydroxyl groups excluding tert-OH is 1. The maximum absolute atomic E-state index is 12.9. The van der Waals surface area contributed by atoms with Crippen LogP contribution in [0.2, 0.25) is 0 Å². The Morgan fingerprint density at radius 2 is 1.39 bits per heavy atom. The van der Waals surface area contributed by atoms with Crippen molar-refractivity contribution < 1.29 is 34.2 Å². The molecular formula is C20H38N6O7. The molecule has 190 valence electrons. The minimum atomic E-state index is -1.36. The zero-order valence-corrected chi connectivity index (χ0v) is 19.2. The van der Waals surface area contributed by atoms with Crippen LogP contribution in [0.5, 0.6) is 0 Å². The van der Waals surface area contributed by atoms with E-state index in [-0.39, 0.29) is 31.6 Å². The van der Waals surface area contributed by atoms with Gasteiger partial charge in [0.1, 0.15) is 24.2 Å². The van der Waals surface area contributed by atoms with E-state index in [0.717, 1.165) is 0 Å². The van der Waals surface area contributed by atoms with Crippen LogP contribution in [0.3, 0.4) is 0 Å². The van der Waals surface area contributed by atoms with E-state index < -0.39 is 60.4 Å². The molecule has 0 fully saturated rings. The van der Waals surface area contributed by atoms with Crippen molar-refractivity contribution in [3.63, 3.8) is 0 Å². The number of rotatable bonds is 17. The molecule has 0 aliphatic heterocycles. The number of nitrogens with one attached hydrogen (secondary N) is 3. The molecule has 0 radical (unpaired) electrons. The largest absolute Gasteiger partial charge is 0.480 e. The predicted molar refractivity (Wildman–Crippen MR) is 119 cm³/mol. The number of hydrogen-bond acceptors (Lipinski definition) is 8. The highest BCUT2D eigenvalue weighted by atomic mass is 16.4. The van der Waals surface area contributed by atoms with Crippen molar-refractivity contribution in [3.05, 3.63) is 0 Å². The van der Waals surface area contributed by atoms with Crippen molar-refractivity contribution >= 4 is 29.6 Å². The smallest absolute Gasteiger partial charge is 0.326 e. The Labute approximate surface area is 193 Å². The molecule has 0 heterocycles. The number of nitrogens with two attached hydrogens (primary N) is 3. The molecule has 0 bridgehead atoms. The van der Waals surface area contributed by atoms with Crippen LogP contribution in [0.15, 0.2) is 0 Å². The van der Waals surface area contributed by atoms with Crippen LogP contribution in [0.4, 0.5) is 0 Å². The Hall–Kier alpha value is -2.77. The first-order valence-electron chi connectivity index (χ1n) is 10.9. The second-order valence-corrected chi connectivity index (χ2v) is 8.23. The summed E-state index contributed by atoms with van der Waals surface area (Å²) in [5, 5.41) is 25.7. The number of amides is 4. The highest BCUT2D eigenvalue weighted by Crippen LogP contribution is 2.09. The average molecular weight is 475 g/mol. The number of aliphatic carboxylic acids is 1. The molecule has 4 atom stereocenters. The first-order chi connectivity index (χ1) is 15.4. The SMILES string of the molecule is CC(C)C[C@H](NC(=O)[C@H](CCCCN)NC(=O)[C@@H](N)CO)C(=O)N[C@@H](CCC(N)=O)C(=O)O. The third-order valence-corrected chi connectivity index (χ3v) is 4.75. The average Bonchev–Trinajstić information content (AvgIpc) is 2.73. The second kappa shape index (κ2) is 15.9. The quantitative estimate of drug-likeness (QED) is 0.102. The van der Waals surface area contributed by atoms with Crippen LogP contribution in [0.25, 0.3) is 0 Å². The Morgan fingerprint density at radius 3 is 1.88 bits per heavy atom. The number of aliphatic hydroxyl groups is 1. The molecule has 0 aromatic heterocycles. The summed E-state index contributed by atoms with van der Waals surface area (Å²) in [5.74, 6) is -4.22. The number of carbonyl (C=O) groups excluding carboxylic acids is 4. The Bertz CT molecular complexity index is 673. The molecule has 13 nitrogen and oxygen atoms in total. The standard InChI is InChI=1S/C20H38N6O7/c1-11(2)9-15(19(31)25-14(20(32)33)6-7-16(23)28)26-18(30)13(5-3-4-8-21)24-17(29)12(22)10-27/h11-15,27H,3-10,21-22H2,1-2H3,(H2,23,28)(H,24,29)(H,25,31)(H,26,30)(H,32,33)/t12-,13-,14-,15-/m0/s1. The van der Waals surface area contributed by atoms with Gasteiger partial charge in [-0.15, -0.1) is 0 Å². The molecule has 0 aliphatic rings. The molecule has 13 heteroatoms. The van der Waals surface area contributed by atoms with E-state index in [9.17, 15) is 29.1 Å². The molecular weight excluding hydrogens is 436 g/mol. The minimum absolute atomic E-state index is 0.0389. The predicted octanol–water partition coefficient (Wildman–Crippen LogP) is -2.71. The Kier molecular flexibility index (Phi) is 14.6. The van der Waals surface area contributed by atoms with Gasteiger partial charge in [-0.3, -0.25) is 19.2 Å². The van der Waals surface area contributed by atoms with Crippen LogP contribution >= 0.6 is 0 Å². The number of primary amides is 1. The molecule has 0 rings (SSSR count). The van der Waals surface area contributed by atoms with Gasteiger partial charge in [0.25, 0.3) is 0 Å². The van der Waals surface area contributed by atoms with E-state index >= 15 is 0 Å². The van der Waals surface area contributed by atoms with Gasteiger partial charge in [-0.1, -0.05) is 13.8 Å². The molecule has 0 spiro atoms. The molecule has 33 heavy (non-hydrogen) atoms. The van der Waals surface area contributed by atoms with Crippen LogP contribution in [0, 0.1) is 5.92 Å². The summed E-state index contributed by atoms with van der Waals surface area (Å²) in [7, 11) is 0. The van der Waals surface area contributed by atoms with Gasteiger partial charge in [0.2, 0.25) is 23.6 Å². The fourth-order valence-electron chi connectivity index (χ4n) is 2.91. The Morgan fingerprint density at radius 1 is 0.848 bits per heavy atom. The first kappa shape index (κ1) is 30.2. The van der Waals surface area contributed by atoms with Crippen molar-refractivity contribution in [1.29, 1.82) is 0 Å². The van der Waals surface area contributed by atoms with E-state index in [2.05, 4.69) is 16.0 Å². The summed E-state index contributed by atoms with van der Waals surface area (Å²) in [6.45, 7) is 3.41. The van der Waals surface area contributed by atoms with Crippen LogP contribution < -0.4 is 33.2 Å². The molecule has 0 aliphatic carbocycles. The first-order valence-corrected chi connectivity index (χ1v) is 10.9. The normalized spacial score (nSPS) is 14.6. The third-order valence-electron chi connectivity index (χ3n) is 4.75. The summed E-state index contributed by atoms with van der Waals surface area (Å²) in [6.07, 6.45) is 1.09. The molecule has 4 amide bonds. The van der Waals surface area contributed by atoms with Gasteiger partial charge < -0.3 is 43.4 Å². The molecule has 0 unspecified atom stereocenters. The van der Waals surface area contributed by atoms with Crippen molar-refractivity contribution in [3.8, 4) is 0 Å². The van der Waals surface area contributed by atoms with Crippen molar-refractivity contribution in [1.82, 2.24) is 16.0 Å². The van der Waals surface area contributed by atoms with Crippen LogP contribution in [-0.4, -0.2) is 77.1 Å². The lowest BCUT2D eigenvalue weighted by atomic mass is 10.0. The lowest BCUT2D eigenvalue weighted by Crippen LogP contribution is -2.57. The third kappa shape index (κ3) is 12.7. The highest BCUT2D eigenvalue weighted by molar-refractivity contribution is 5.94. The Balaban J connectivity index is 5.45. The lowest BCUT2D eigenvalue weighted by molar-refractivity contribution is -0.142. The summed E-state index contributed by atoms with van der Waals surface area (Å²) in [4.78, 5) is 60.2. The summed E-state index contributed by atoms with van der Waals surface area (Å²) in [5.41, 5.74) is 16.0. The number of unbranched alkanes of at least 4 members (excludes halogenated alkanes) is 1. The van der Waals surface area contributed by atoms with E-state index in [0.29, 0.717) is 19.4 Å². The molecule has 11 N–H and O–H groups in total. The zero-order valence-electron chi connectivity index (χ0n) is 19.2. The van der Waals surface area contributed by atoms with Gasteiger partial charge in [0.15, 0.2) is 0 Å². The minimum Gasteiger partial charge on any atom is -0.480 e. The van der Waals surface area contributed by atoms with Gasteiger partial charge in [-0.2, -0.15) is 0 Å². The van der Waals surface area contributed by atoms with Gasteiger partial charge in [0, 0.05) is 6.42 Å². The lowest BCUT2D eigenvalue weighted by Gasteiger charge is -2.26. The maximum atomic E-state index is 12.9. The van der Waals surface area contributed by atoms with Gasteiger partial charge in [-0.05, 0) is 44.6 Å². The molecule has 0 saturated heterocycles. The van der Waals surface area contributed by atoms with E-state index in [1.165, 1.54) is 0 Å². The fraction of sp³-hybridized carbons (Fsp3) is 0.750. The zero-order chi connectivity index (χ0) is 25.6. The number of carboxylic acids is 1. The van der Waals surface area contributed by atoms with E-state index in [1.807, 2.05) is 13.8 Å². The number of hydrogen-bond donors (Lipinski definition) is 8. The van der Waals surface area contributed by atoms with E-state index in [4.69, 9.17) is 22.3 Å². The molecule has 0 aromatic carbocycles. The monoisotopic (exact) mass is 474 g/mol. The summed E-state index contributed by atoms with van der Waals surface area (Å²) in [6, 6.07) is -4.70. The van der Waals surface area contributed by atoms with Gasteiger partial charge in [-0.25, -0.2) is 4.79 Å². The highest BCUT2D eigenvalue weighted by Gasteiger charge is 2.30. The van der Waals surface area contributed by atoms with Crippen molar-refractivity contribution in [2.24, 2.45) is 23.1 Å². The molecule has 0 aromatic rings. The molecule has 0 saturated carbocycles. The fourth-order valence-corrected chi connectivity index (χ4v) is 2.91. The van der Waals surface area contributed by atoms with Gasteiger partial charge in [0.05, 0.1) is 6.61 Å².